The van der Waals surface area contributed by atoms with Crippen molar-refractivity contribution in [3.63, 3.8) is 0 Å². The van der Waals surface area contributed by atoms with Gasteiger partial charge in [-0.1, -0.05) is 18.2 Å². The van der Waals surface area contributed by atoms with Crippen LogP contribution in [0.15, 0.2) is 60.7 Å². The Bertz CT molecular complexity index is 985. The first kappa shape index (κ1) is 18.4. The molecule has 5 heteroatoms. The first-order chi connectivity index (χ1) is 13.0. The lowest BCUT2D eigenvalue weighted by atomic mass is 10.00. The molecule has 1 unspecified atom stereocenters. The molecule has 4 nitrogen and oxygen atoms in total. The molecule has 1 N–H and O–H groups in total. The van der Waals surface area contributed by atoms with Gasteiger partial charge in [-0.25, -0.2) is 4.39 Å². The predicted octanol–water partition coefficient (Wildman–Crippen LogP) is 4.55. The van der Waals surface area contributed by atoms with E-state index >= 15 is 0 Å². The second-order valence-corrected chi connectivity index (χ2v) is 6.45. The zero-order valence-corrected chi connectivity index (χ0v) is 15.2. The highest BCUT2D eigenvalue weighted by Gasteiger charge is 2.21. The van der Waals surface area contributed by atoms with Gasteiger partial charge >= 0.3 is 0 Å². The number of amides is 1. The molecule has 0 saturated heterocycles. The van der Waals surface area contributed by atoms with Gasteiger partial charge < -0.3 is 9.88 Å². The summed E-state index contributed by atoms with van der Waals surface area (Å²) < 4.78 is 15.1. The number of nitrogens with one attached hydrogen (secondary N) is 1. The van der Waals surface area contributed by atoms with Crippen LogP contribution in [-0.4, -0.2) is 10.5 Å². The monoisotopic (exact) mass is 361 g/mol. The topological polar surface area (TPSA) is 57.8 Å². The molecule has 0 spiro atoms. The fourth-order valence-electron chi connectivity index (χ4n) is 3.19. The van der Waals surface area contributed by atoms with E-state index in [4.69, 9.17) is 0 Å². The average Bonchev–Trinajstić information content (AvgIpc) is 2.95. The number of benzene rings is 2. The van der Waals surface area contributed by atoms with Gasteiger partial charge in [-0.15, -0.1) is 0 Å². The molecule has 0 aliphatic carbocycles. The number of para-hydroxylation sites is 1. The third-order valence-electron chi connectivity index (χ3n) is 4.56. The smallest absolute Gasteiger partial charge is 0.242 e. The molecular weight excluding hydrogens is 341 g/mol. The molecule has 3 aromatic rings. The van der Waals surface area contributed by atoms with Gasteiger partial charge in [0.05, 0.1) is 6.07 Å². The molecule has 0 saturated carbocycles. The van der Waals surface area contributed by atoms with Crippen LogP contribution in [0.5, 0.6) is 0 Å². The molecule has 27 heavy (non-hydrogen) atoms. The molecule has 0 fully saturated rings. The number of nitrogens with zero attached hydrogens (tertiary/aromatic N) is 2. The van der Waals surface area contributed by atoms with Crippen molar-refractivity contribution in [2.24, 2.45) is 5.92 Å². The fourth-order valence-corrected chi connectivity index (χ4v) is 3.19. The first-order valence-corrected chi connectivity index (χ1v) is 8.69. The summed E-state index contributed by atoms with van der Waals surface area (Å²) in [6, 6.07) is 19.5. The number of aryl methyl sites for hydroxylation is 1. The van der Waals surface area contributed by atoms with E-state index in [0.29, 0.717) is 12.1 Å². The van der Waals surface area contributed by atoms with Gasteiger partial charge in [-0.05, 0) is 68.3 Å². The molecule has 136 valence electrons. The molecule has 3 rings (SSSR count). The zero-order valence-electron chi connectivity index (χ0n) is 15.2. The minimum absolute atomic E-state index is 0.316. The van der Waals surface area contributed by atoms with Crippen molar-refractivity contribution in [2.45, 2.75) is 20.3 Å². The van der Waals surface area contributed by atoms with E-state index in [1.54, 1.807) is 0 Å². The van der Waals surface area contributed by atoms with Crippen LogP contribution in [0.25, 0.3) is 5.69 Å². The number of aromatic nitrogens is 1. The third-order valence-corrected chi connectivity index (χ3v) is 4.56. The highest BCUT2D eigenvalue weighted by Crippen LogP contribution is 2.23. The van der Waals surface area contributed by atoms with Gasteiger partial charge in [-0.2, -0.15) is 5.26 Å². The van der Waals surface area contributed by atoms with Gasteiger partial charge in [-0.3, -0.25) is 4.79 Å². The first-order valence-electron chi connectivity index (χ1n) is 8.69. The number of nitriles is 1. The minimum atomic E-state index is -0.834. The second-order valence-electron chi connectivity index (χ2n) is 6.45. The van der Waals surface area contributed by atoms with E-state index in [1.165, 1.54) is 24.3 Å². The Balaban J connectivity index is 1.80. The maximum atomic E-state index is 13.0. The predicted molar refractivity (Wildman–Crippen MR) is 103 cm³/mol. The molecule has 2 aromatic carbocycles. The molecule has 0 aliphatic rings. The largest absolute Gasteiger partial charge is 0.325 e. The number of halogens is 1. The fraction of sp³-hybridized carbons (Fsp3) is 0.182. The lowest BCUT2D eigenvalue weighted by Gasteiger charge is -2.12. The van der Waals surface area contributed by atoms with Gasteiger partial charge in [0.25, 0.3) is 0 Å². The highest BCUT2D eigenvalue weighted by atomic mass is 19.1. The maximum Gasteiger partial charge on any atom is 0.242 e. The minimum Gasteiger partial charge on any atom is -0.325 e. The Morgan fingerprint density at radius 1 is 1.15 bits per heavy atom. The normalized spacial score (nSPS) is 11.6. The second kappa shape index (κ2) is 7.88. The maximum absolute atomic E-state index is 13.0. The van der Waals surface area contributed by atoms with Crippen molar-refractivity contribution in [3.05, 3.63) is 83.4 Å². The Labute approximate surface area is 157 Å². The highest BCUT2D eigenvalue weighted by molar-refractivity contribution is 5.94. The van der Waals surface area contributed by atoms with E-state index in [1.807, 2.05) is 50.2 Å². The summed E-state index contributed by atoms with van der Waals surface area (Å²) in [7, 11) is 0. The quantitative estimate of drug-likeness (QED) is 0.724. The van der Waals surface area contributed by atoms with Gasteiger partial charge in [0.2, 0.25) is 5.91 Å². The number of carbonyl (C=O) groups excluding carboxylic acids is 1. The van der Waals surface area contributed by atoms with Crippen LogP contribution in [0.1, 0.15) is 17.0 Å². The van der Waals surface area contributed by atoms with Crippen LogP contribution >= 0.6 is 0 Å². The summed E-state index contributed by atoms with van der Waals surface area (Å²) in [6.45, 7) is 3.99. The van der Waals surface area contributed by atoms with Crippen molar-refractivity contribution < 1.29 is 9.18 Å². The van der Waals surface area contributed by atoms with Gasteiger partial charge in [0, 0.05) is 22.8 Å². The summed E-state index contributed by atoms with van der Waals surface area (Å²) in [5.74, 6) is -1.61. The lowest BCUT2D eigenvalue weighted by molar-refractivity contribution is -0.118. The molecule has 0 bridgehead atoms. The summed E-state index contributed by atoms with van der Waals surface area (Å²) in [5, 5.41) is 12.2. The van der Waals surface area contributed by atoms with Crippen LogP contribution in [0, 0.1) is 36.9 Å². The Morgan fingerprint density at radius 3 is 2.44 bits per heavy atom. The Kier molecular flexibility index (Phi) is 5.37. The summed E-state index contributed by atoms with van der Waals surface area (Å²) in [6.07, 6.45) is 0.316. The Morgan fingerprint density at radius 2 is 1.81 bits per heavy atom. The van der Waals surface area contributed by atoms with E-state index in [0.717, 1.165) is 22.6 Å². The number of hydrogen-bond acceptors (Lipinski definition) is 2. The number of rotatable bonds is 5. The van der Waals surface area contributed by atoms with E-state index in [2.05, 4.69) is 16.0 Å². The molecule has 1 aromatic heterocycles. The van der Waals surface area contributed by atoms with Crippen molar-refractivity contribution in [1.82, 2.24) is 4.57 Å². The third kappa shape index (κ3) is 4.06. The summed E-state index contributed by atoms with van der Waals surface area (Å²) in [5.41, 5.74) is 4.52. The van der Waals surface area contributed by atoms with Crippen LogP contribution in [0.2, 0.25) is 0 Å². The van der Waals surface area contributed by atoms with Gasteiger partial charge in [0.1, 0.15) is 11.7 Å². The van der Waals surface area contributed by atoms with Crippen molar-refractivity contribution in [3.8, 4) is 11.8 Å². The van der Waals surface area contributed by atoms with E-state index in [9.17, 15) is 14.4 Å². The Hall–Kier alpha value is -3.39. The van der Waals surface area contributed by atoms with Crippen LogP contribution in [0.3, 0.4) is 0 Å². The van der Waals surface area contributed by atoms with Crippen LogP contribution in [-0.2, 0) is 11.2 Å². The standard InChI is InChI=1S/C22H20FN3O/c1-15-12-17(16(2)26(15)21-6-4-3-5-7-21)13-18(14-24)22(27)25-20-10-8-19(23)9-11-20/h3-12,18H,13H2,1-2H3,(H,25,27). The number of carbonyl (C=O) groups is 1. The molecule has 0 radical (unpaired) electrons. The summed E-state index contributed by atoms with van der Waals surface area (Å²) in [4.78, 5) is 12.5. The molecule has 0 aliphatic heterocycles. The molecule has 1 atom stereocenters. The summed E-state index contributed by atoms with van der Waals surface area (Å²) >= 11 is 0. The van der Waals surface area contributed by atoms with E-state index < -0.39 is 11.8 Å². The van der Waals surface area contributed by atoms with Gasteiger partial charge in [0.15, 0.2) is 0 Å². The SMILES string of the molecule is Cc1cc(CC(C#N)C(=O)Nc2ccc(F)cc2)c(C)n1-c1ccccc1. The van der Waals surface area contributed by atoms with Crippen molar-refractivity contribution in [2.75, 3.05) is 5.32 Å². The average molecular weight is 361 g/mol. The number of anilines is 1. The molecule has 1 heterocycles. The van der Waals surface area contributed by atoms with Crippen LogP contribution in [0.4, 0.5) is 10.1 Å². The zero-order chi connectivity index (χ0) is 19.4. The lowest BCUT2D eigenvalue weighted by Crippen LogP contribution is -2.23. The molecular formula is C22H20FN3O. The molecule has 1 amide bonds. The van der Waals surface area contributed by atoms with Crippen molar-refractivity contribution in [1.29, 1.82) is 5.26 Å². The van der Waals surface area contributed by atoms with Crippen molar-refractivity contribution >= 4 is 11.6 Å². The number of hydrogen-bond donors (Lipinski definition) is 1. The van der Waals surface area contributed by atoms with Crippen LogP contribution < -0.4 is 5.32 Å². The van der Waals surface area contributed by atoms with E-state index in [-0.39, 0.29) is 5.82 Å².